The van der Waals surface area contributed by atoms with Crippen LogP contribution in [-0.2, 0) is 16.1 Å². The third-order valence-electron chi connectivity index (χ3n) is 4.73. The molecule has 0 bridgehead atoms. The van der Waals surface area contributed by atoms with Crippen LogP contribution >= 0.6 is 0 Å². The molecule has 0 unspecified atom stereocenters. The number of nitrogens with zero attached hydrogens (tertiary/aromatic N) is 3. The number of hydrogen-bond donors (Lipinski definition) is 2. The molecule has 9 heteroatoms. The minimum atomic E-state index is -0.415. The summed E-state index contributed by atoms with van der Waals surface area (Å²) in [7, 11) is 1.64. The summed E-state index contributed by atoms with van der Waals surface area (Å²) in [6.07, 6.45) is 4.71. The Hall–Kier alpha value is -2.68. The first-order valence-electron chi connectivity index (χ1n) is 10.1. The molecule has 0 aliphatic carbocycles. The van der Waals surface area contributed by atoms with Gasteiger partial charge >= 0.3 is 0 Å². The summed E-state index contributed by atoms with van der Waals surface area (Å²) < 4.78 is 5.07. The maximum atomic E-state index is 12.1. The van der Waals surface area contributed by atoms with Gasteiger partial charge in [0, 0.05) is 51.8 Å². The number of ether oxygens (including phenoxy) is 1. The van der Waals surface area contributed by atoms with Crippen molar-refractivity contribution in [2.45, 2.75) is 38.6 Å². The normalized spacial score (nSPS) is 15.1. The van der Waals surface area contributed by atoms with E-state index in [1.165, 1.54) is 12.1 Å². The summed E-state index contributed by atoms with van der Waals surface area (Å²) in [6, 6.07) is 6.38. The molecule has 0 radical (unpaired) electrons. The maximum Gasteiger partial charge on any atom is 0.269 e. The minimum absolute atomic E-state index is 0.0670. The molecule has 9 nitrogen and oxygen atoms in total. The fourth-order valence-corrected chi connectivity index (χ4v) is 3.09. The highest BCUT2D eigenvalue weighted by Crippen LogP contribution is 2.13. The largest absolute Gasteiger partial charge is 0.383 e. The van der Waals surface area contributed by atoms with Gasteiger partial charge in [-0.25, -0.2) is 4.99 Å². The highest BCUT2D eigenvalue weighted by atomic mass is 16.6. The Balaban J connectivity index is 1.83. The number of carbonyl (C=O) groups is 1. The van der Waals surface area contributed by atoms with Gasteiger partial charge in [0.2, 0.25) is 5.91 Å². The number of methoxy groups -OCH3 is 1. The van der Waals surface area contributed by atoms with Gasteiger partial charge in [-0.3, -0.25) is 14.9 Å². The molecule has 1 fully saturated rings. The number of likely N-dealkylation sites (tertiary alicyclic amines) is 1. The summed E-state index contributed by atoms with van der Waals surface area (Å²) in [5.74, 6) is 0.912. The van der Waals surface area contributed by atoms with E-state index in [4.69, 9.17) is 4.74 Å². The number of hydrogen-bond acceptors (Lipinski definition) is 5. The van der Waals surface area contributed by atoms with Crippen molar-refractivity contribution in [3.63, 3.8) is 0 Å². The zero-order valence-corrected chi connectivity index (χ0v) is 17.1. The van der Waals surface area contributed by atoms with Crippen LogP contribution in [0.1, 0.15) is 37.7 Å². The number of benzene rings is 1. The van der Waals surface area contributed by atoms with Gasteiger partial charge < -0.3 is 20.3 Å². The number of carbonyl (C=O) groups excluding carboxylic acids is 1. The van der Waals surface area contributed by atoms with Gasteiger partial charge in [-0.05, 0) is 24.8 Å². The van der Waals surface area contributed by atoms with Gasteiger partial charge in [0.1, 0.15) is 0 Å². The van der Waals surface area contributed by atoms with Crippen LogP contribution in [0.2, 0.25) is 0 Å². The number of nitro groups is 1. The average Bonchev–Trinajstić information content (AvgIpc) is 2.93. The Labute approximate surface area is 171 Å². The van der Waals surface area contributed by atoms with Crippen LogP contribution in [0.3, 0.4) is 0 Å². The van der Waals surface area contributed by atoms with E-state index >= 15 is 0 Å². The van der Waals surface area contributed by atoms with E-state index in [2.05, 4.69) is 15.6 Å². The molecule has 1 aliphatic rings. The molecule has 29 heavy (non-hydrogen) atoms. The fourth-order valence-electron chi connectivity index (χ4n) is 3.09. The highest BCUT2D eigenvalue weighted by Gasteiger charge is 2.15. The molecule has 1 aromatic rings. The molecule has 2 rings (SSSR count). The number of nitrogens with one attached hydrogen (secondary N) is 2. The molecule has 1 aliphatic heterocycles. The number of amides is 1. The van der Waals surface area contributed by atoms with Crippen molar-refractivity contribution in [3.05, 3.63) is 39.9 Å². The summed E-state index contributed by atoms with van der Waals surface area (Å²) >= 11 is 0. The Morgan fingerprint density at radius 1 is 1.21 bits per heavy atom. The quantitative estimate of drug-likeness (QED) is 0.203. The Bertz CT molecular complexity index is 678. The van der Waals surface area contributed by atoms with Crippen LogP contribution < -0.4 is 10.6 Å². The van der Waals surface area contributed by atoms with Crippen LogP contribution in [-0.4, -0.2) is 61.6 Å². The second-order valence-electron chi connectivity index (χ2n) is 6.98. The van der Waals surface area contributed by atoms with Gasteiger partial charge in [0.25, 0.3) is 5.69 Å². The molecule has 0 saturated carbocycles. The minimum Gasteiger partial charge on any atom is -0.383 e. The fraction of sp³-hybridized carbons (Fsp3) is 0.600. The van der Waals surface area contributed by atoms with E-state index in [1.807, 2.05) is 4.90 Å². The molecule has 1 aromatic carbocycles. The zero-order chi connectivity index (χ0) is 20.9. The van der Waals surface area contributed by atoms with Crippen LogP contribution in [0.5, 0.6) is 0 Å². The van der Waals surface area contributed by atoms with Crippen LogP contribution in [0.15, 0.2) is 29.3 Å². The summed E-state index contributed by atoms with van der Waals surface area (Å²) in [5, 5.41) is 17.2. The lowest BCUT2D eigenvalue weighted by Crippen LogP contribution is -2.40. The van der Waals surface area contributed by atoms with E-state index < -0.39 is 4.92 Å². The lowest BCUT2D eigenvalue weighted by Gasteiger charge is -2.21. The monoisotopic (exact) mass is 405 g/mol. The van der Waals surface area contributed by atoms with Crippen LogP contribution in [0.4, 0.5) is 5.69 Å². The molecular formula is C20H31N5O4. The van der Waals surface area contributed by atoms with Crippen molar-refractivity contribution in [2.75, 3.05) is 39.9 Å². The SMILES string of the molecule is COCCNC(=NCc1ccc([N+](=O)[O-])cc1)NCCCN1CCCCCC1=O. The molecule has 160 valence electrons. The van der Waals surface area contributed by atoms with E-state index in [0.29, 0.717) is 38.6 Å². The molecule has 0 spiro atoms. The van der Waals surface area contributed by atoms with Crippen LogP contribution in [0, 0.1) is 10.1 Å². The molecule has 0 aromatic heterocycles. The first kappa shape index (κ1) is 22.6. The number of aliphatic imine (C=N–C) groups is 1. The van der Waals surface area contributed by atoms with Crippen molar-refractivity contribution in [2.24, 2.45) is 4.99 Å². The van der Waals surface area contributed by atoms with Crippen molar-refractivity contribution in [1.82, 2.24) is 15.5 Å². The maximum absolute atomic E-state index is 12.1. The lowest BCUT2D eigenvalue weighted by molar-refractivity contribution is -0.384. The van der Waals surface area contributed by atoms with Gasteiger partial charge in [-0.2, -0.15) is 0 Å². The van der Waals surface area contributed by atoms with Gasteiger partial charge in [0.15, 0.2) is 5.96 Å². The van der Waals surface area contributed by atoms with E-state index in [1.54, 1.807) is 19.2 Å². The lowest BCUT2D eigenvalue weighted by atomic mass is 10.2. The number of non-ortho nitro benzene ring substituents is 1. The predicted molar refractivity (Wildman–Crippen MR) is 112 cm³/mol. The average molecular weight is 405 g/mol. The highest BCUT2D eigenvalue weighted by molar-refractivity contribution is 5.79. The number of nitro benzene ring substituents is 1. The van der Waals surface area contributed by atoms with E-state index in [0.717, 1.165) is 44.3 Å². The van der Waals surface area contributed by atoms with E-state index in [9.17, 15) is 14.9 Å². The van der Waals surface area contributed by atoms with Crippen molar-refractivity contribution >= 4 is 17.6 Å². The third kappa shape index (κ3) is 8.47. The standard InChI is InChI=1S/C20H31N5O4/c1-29-15-12-22-20(23-16-17-7-9-18(10-8-17)25(27)28)21-11-5-14-24-13-4-2-3-6-19(24)26/h7-10H,2-6,11-16H2,1H3,(H2,21,22,23). The number of guanidine groups is 1. The van der Waals surface area contributed by atoms with Gasteiger partial charge in [-0.15, -0.1) is 0 Å². The second-order valence-corrected chi connectivity index (χ2v) is 6.98. The van der Waals surface area contributed by atoms with Crippen molar-refractivity contribution in [1.29, 1.82) is 0 Å². The second kappa shape index (κ2) is 12.7. The summed E-state index contributed by atoms with van der Waals surface area (Å²) in [5.41, 5.74) is 0.955. The molecule has 0 atom stereocenters. The Morgan fingerprint density at radius 2 is 1.97 bits per heavy atom. The predicted octanol–water partition coefficient (Wildman–Crippen LogP) is 2.07. The van der Waals surface area contributed by atoms with Crippen molar-refractivity contribution in [3.8, 4) is 0 Å². The first-order valence-corrected chi connectivity index (χ1v) is 10.1. The number of rotatable bonds is 10. The first-order chi connectivity index (χ1) is 14.1. The molecule has 1 heterocycles. The Morgan fingerprint density at radius 3 is 2.69 bits per heavy atom. The molecular weight excluding hydrogens is 374 g/mol. The van der Waals surface area contributed by atoms with Crippen LogP contribution in [0.25, 0.3) is 0 Å². The van der Waals surface area contributed by atoms with E-state index in [-0.39, 0.29) is 11.6 Å². The topological polar surface area (TPSA) is 109 Å². The van der Waals surface area contributed by atoms with Gasteiger partial charge in [0.05, 0.1) is 18.1 Å². The molecule has 1 amide bonds. The van der Waals surface area contributed by atoms with Crippen molar-refractivity contribution < 1.29 is 14.5 Å². The summed E-state index contributed by atoms with van der Waals surface area (Å²) in [4.78, 5) is 28.9. The molecule has 1 saturated heterocycles. The van der Waals surface area contributed by atoms with Gasteiger partial charge in [-0.1, -0.05) is 18.6 Å². The summed E-state index contributed by atoms with van der Waals surface area (Å²) in [6.45, 7) is 3.88. The third-order valence-corrected chi connectivity index (χ3v) is 4.73. The zero-order valence-electron chi connectivity index (χ0n) is 17.1. The Kier molecular flexibility index (Phi) is 9.91. The smallest absolute Gasteiger partial charge is 0.269 e. The molecule has 2 N–H and O–H groups in total.